The zero-order chi connectivity index (χ0) is 37.0. The van der Waals surface area contributed by atoms with Gasteiger partial charge in [0.25, 0.3) is 22.2 Å². The van der Waals surface area contributed by atoms with Crippen LogP contribution in [0.15, 0.2) is 155 Å². The Morgan fingerprint density at radius 2 is 1.00 bits per heavy atom. The van der Waals surface area contributed by atoms with E-state index in [2.05, 4.69) is 180 Å². The molecule has 0 radical (unpaired) electrons. The molecule has 52 heavy (non-hydrogen) atoms. The van der Waals surface area contributed by atoms with E-state index >= 15 is 0 Å². The molecule has 6 nitrogen and oxygen atoms in total. The Kier molecular flexibility index (Phi) is 11.0. The lowest BCUT2D eigenvalue weighted by molar-refractivity contribution is 0.134. The molecule has 5 aromatic rings. The average molecular weight is 729 g/mol. The van der Waals surface area contributed by atoms with E-state index in [9.17, 15) is 9.59 Å². The van der Waals surface area contributed by atoms with E-state index in [1.165, 1.54) is 26.8 Å². The second kappa shape index (κ2) is 15.3. The van der Waals surface area contributed by atoms with Gasteiger partial charge in [0, 0.05) is 31.4 Å². The number of hydrogen-bond acceptors (Lipinski definition) is 4. The van der Waals surface area contributed by atoms with Crippen LogP contribution in [0.1, 0.15) is 54.0 Å². The molecule has 1 N–H and O–H groups in total. The molecule has 0 aliphatic heterocycles. The summed E-state index contributed by atoms with van der Waals surface area (Å²) in [5.74, 6) is 0.0447. The number of rotatable bonds is 11. The van der Waals surface area contributed by atoms with Crippen molar-refractivity contribution < 1.29 is 8.85 Å². The van der Waals surface area contributed by atoms with Crippen LogP contribution in [0.2, 0.25) is 10.1 Å². The highest BCUT2D eigenvalue weighted by atomic mass is 28.4. The van der Waals surface area contributed by atoms with Gasteiger partial charge in [0.2, 0.25) is 0 Å². The first-order valence-electron chi connectivity index (χ1n) is 18.4. The number of hydrogen-bond donors (Lipinski definition) is 1. The van der Waals surface area contributed by atoms with Gasteiger partial charge in [-0.3, -0.25) is 14.3 Å². The van der Waals surface area contributed by atoms with E-state index in [-0.39, 0.29) is 28.0 Å². The third-order valence-electron chi connectivity index (χ3n) is 10.8. The van der Waals surface area contributed by atoms with Gasteiger partial charge in [-0.25, -0.2) is 4.79 Å². The van der Waals surface area contributed by atoms with Crippen molar-refractivity contribution in [3.63, 3.8) is 0 Å². The largest absolute Gasteiger partial charge is 0.407 e. The van der Waals surface area contributed by atoms with Gasteiger partial charge in [-0.1, -0.05) is 175 Å². The van der Waals surface area contributed by atoms with E-state index < -0.39 is 27.9 Å². The molecule has 0 unspecified atom stereocenters. The highest BCUT2D eigenvalue weighted by Crippen LogP contribution is 2.41. The van der Waals surface area contributed by atoms with Crippen LogP contribution in [0.5, 0.6) is 0 Å². The number of nitrogens with one attached hydrogen (secondary N) is 1. The number of nitrogens with zero attached hydrogens (tertiary/aromatic N) is 1. The SMILES string of the molecule is CC(C)(C)[Si](OC[C@H]1C[C@H](n2ccc(=O)[nH]c2=O)C=C[C@@H]1CO[Si](c1ccccc1)(c1ccccc1)C(C)(C)C)(c1ccccc1)c1ccccc1. The van der Waals surface area contributed by atoms with Crippen molar-refractivity contribution in [2.24, 2.45) is 11.8 Å². The molecule has 0 bridgehead atoms. The van der Waals surface area contributed by atoms with Gasteiger partial charge < -0.3 is 8.85 Å². The van der Waals surface area contributed by atoms with Crippen molar-refractivity contribution in [2.45, 2.75) is 64.1 Å². The number of aromatic nitrogens is 2. The van der Waals surface area contributed by atoms with Crippen molar-refractivity contribution in [1.29, 1.82) is 0 Å². The second-order valence-electron chi connectivity index (χ2n) is 16.1. The summed E-state index contributed by atoms with van der Waals surface area (Å²) >= 11 is 0. The highest BCUT2D eigenvalue weighted by molar-refractivity contribution is 7.00. The zero-order valence-electron chi connectivity index (χ0n) is 31.3. The molecule has 1 aromatic heterocycles. The normalized spacial score (nSPS) is 18.3. The number of benzene rings is 4. The fourth-order valence-electron chi connectivity index (χ4n) is 8.25. The van der Waals surface area contributed by atoms with Crippen molar-refractivity contribution in [3.05, 3.63) is 167 Å². The summed E-state index contributed by atoms with van der Waals surface area (Å²) in [5.41, 5.74) is -0.806. The highest BCUT2D eigenvalue weighted by Gasteiger charge is 2.52. The summed E-state index contributed by atoms with van der Waals surface area (Å²) < 4.78 is 16.7. The Hall–Kier alpha value is -4.35. The van der Waals surface area contributed by atoms with E-state index in [1.54, 1.807) is 10.8 Å². The lowest BCUT2D eigenvalue weighted by atomic mass is 9.82. The number of allylic oxidation sites excluding steroid dienone is 1. The lowest BCUT2D eigenvalue weighted by Gasteiger charge is -2.46. The maximum absolute atomic E-state index is 13.1. The second-order valence-corrected chi connectivity index (χ2v) is 24.7. The molecule has 1 aliphatic rings. The lowest BCUT2D eigenvalue weighted by Crippen LogP contribution is -2.67. The Balaban J connectivity index is 1.43. The van der Waals surface area contributed by atoms with E-state index in [1.807, 2.05) is 0 Å². The number of aromatic amines is 1. The van der Waals surface area contributed by atoms with Gasteiger partial charge >= 0.3 is 5.69 Å². The van der Waals surface area contributed by atoms with Gasteiger partial charge in [0.1, 0.15) is 0 Å². The Bertz CT molecular complexity index is 1970. The Morgan fingerprint density at radius 1 is 0.596 bits per heavy atom. The summed E-state index contributed by atoms with van der Waals surface area (Å²) in [6, 6.07) is 44.1. The molecule has 0 saturated carbocycles. The third kappa shape index (κ3) is 7.30. The first kappa shape index (κ1) is 37.4. The standard InChI is InChI=1S/C44H52N2O4Si2/c1-43(2,3)51(37-19-11-7-12-20-37,38-21-13-8-14-22-38)49-32-34-27-28-36(46-30-29-41(47)45-42(46)48)31-35(34)33-50-52(44(4,5)6,39-23-15-9-16-24-39)40-25-17-10-18-26-40/h7-30,34-36H,31-33H2,1-6H3,(H,45,47,48)/t34-,35-,36-/m1/s1. The minimum absolute atomic E-state index is 0.0219. The maximum Gasteiger partial charge on any atom is 0.328 e. The molecule has 0 amide bonds. The molecular weight excluding hydrogens is 677 g/mol. The average Bonchev–Trinajstić information content (AvgIpc) is 3.13. The van der Waals surface area contributed by atoms with Crippen molar-refractivity contribution in [3.8, 4) is 0 Å². The van der Waals surface area contributed by atoms with E-state index in [0.29, 0.717) is 19.6 Å². The maximum atomic E-state index is 13.1. The van der Waals surface area contributed by atoms with Crippen molar-refractivity contribution >= 4 is 37.4 Å². The Morgan fingerprint density at radius 3 is 1.38 bits per heavy atom. The van der Waals surface area contributed by atoms with E-state index in [4.69, 9.17) is 8.85 Å². The summed E-state index contributed by atoms with van der Waals surface area (Å²) in [4.78, 5) is 27.5. The first-order chi connectivity index (χ1) is 24.9. The minimum Gasteiger partial charge on any atom is -0.407 e. The molecule has 1 aliphatic carbocycles. The van der Waals surface area contributed by atoms with Crippen LogP contribution in [0.3, 0.4) is 0 Å². The fraction of sp³-hybridized carbons (Fsp3) is 0.318. The molecule has 3 atom stereocenters. The van der Waals surface area contributed by atoms with Gasteiger partial charge in [0.05, 0.1) is 6.04 Å². The molecule has 1 heterocycles. The molecule has 0 saturated heterocycles. The van der Waals surface area contributed by atoms with Gasteiger partial charge in [-0.2, -0.15) is 0 Å². The van der Waals surface area contributed by atoms with Crippen LogP contribution in [-0.4, -0.2) is 39.4 Å². The first-order valence-corrected chi connectivity index (χ1v) is 22.2. The third-order valence-corrected chi connectivity index (χ3v) is 20.8. The van der Waals surface area contributed by atoms with Crippen LogP contribution in [0, 0.1) is 11.8 Å². The topological polar surface area (TPSA) is 73.3 Å². The fourth-order valence-corrected chi connectivity index (χ4v) is 17.5. The summed E-state index contributed by atoms with van der Waals surface area (Å²) in [6.07, 6.45) is 6.60. The van der Waals surface area contributed by atoms with E-state index in [0.717, 1.165) is 0 Å². The molecule has 270 valence electrons. The quantitative estimate of drug-likeness (QED) is 0.126. The molecule has 0 fully saturated rings. The van der Waals surface area contributed by atoms with Gasteiger partial charge in [-0.15, -0.1) is 0 Å². The molecule has 8 heteroatoms. The monoisotopic (exact) mass is 728 g/mol. The molecule has 6 rings (SSSR count). The van der Waals surface area contributed by atoms with Crippen LogP contribution < -0.4 is 32.0 Å². The number of H-pyrrole nitrogens is 1. The summed E-state index contributed by atoms with van der Waals surface area (Å²) in [7, 11) is -5.66. The van der Waals surface area contributed by atoms with Crippen LogP contribution in [-0.2, 0) is 8.85 Å². The molecular formula is C44H52N2O4Si2. The molecule has 4 aromatic carbocycles. The Labute approximate surface area is 310 Å². The van der Waals surface area contributed by atoms with Gasteiger partial charge in [-0.05, 0) is 43.2 Å². The molecule has 0 spiro atoms. The van der Waals surface area contributed by atoms with Crippen LogP contribution in [0.4, 0.5) is 0 Å². The zero-order valence-corrected chi connectivity index (χ0v) is 33.3. The van der Waals surface area contributed by atoms with Crippen LogP contribution in [0.25, 0.3) is 0 Å². The summed E-state index contributed by atoms with van der Waals surface area (Å²) in [5, 5.41) is 4.59. The smallest absolute Gasteiger partial charge is 0.328 e. The van der Waals surface area contributed by atoms with Crippen LogP contribution >= 0.6 is 0 Å². The van der Waals surface area contributed by atoms with Crippen molar-refractivity contribution in [1.82, 2.24) is 9.55 Å². The van der Waals surface area contributed by atoms with Gasteiger partial charge in [0.15, 0.2) is 0 Å². The predicted molar refractivity (Wildman–Crippen MR) is 218 cm³/mol. The minimum atomic E-state index is -2.85. The predicted octanol–water partition coefficient (Wildman–Crippen LogP) is 6.42. The van der Waals surface area contributed by atoms with Crippen molar-refractivity contribution in [2.75, 3.05) is 13.2 Å². The summed E-state index contributed by atoms with van der Waals surface area (Å²) in [6.45, 7) is 14.8.